The van der Waals surface area contributed by atoms with Gasteiger partial charge in [-0.25, -0.2) is 19.7 Å². The van der Waals surface area contributed by atoms with Crippen molar-refractivity contribution in [2.45, 2.75) is 17.1 Å². The fourth-order valence-electron chi connectivity index (χ4n) is 1.89. The number of carboxylic acids is 1. The summed E-state index contributed by atoms with van der Waals surface area (Å²) in [5.41, 5.74) is 1.73. The first-order valence-corrected chi connectivity index (χ1v) is 7.06. The van der Waals surface area contributed by atoms with Crippen molar-refractivity contribution in [3.8, 4) is 0 Å². The van der Waals surface area contributed by atoms with Crippen LogP contribution in [0.5, 0.6) is 0 Å². The molecule has 1 N–H and O–H groups in total. The molecule has 1 aromatic carbocycles. The fourth-order valence-corrected chi connectivity index (χ4v) is 2.77. The van der Waals surface area contributed by atoms with Gasteiger partial charge in [0.2, 0.25) is 0 Å². The van der Waals surface area contributed by atoms with Crippen LogP contribution in [0.1, 0.15) is 16.1 Å². The van der Waals surface area contributed by atoms with E-state index in [4.69, 9.17) is 0 Å². The normalized spacial score (nSPS) is 10.7. The molecule has 0 saturated heterocycles. The molecular weight excluding hydrogens is 286 g/mol. The topological polar surface area (TPSA) is 76.0 Å². The average Bonchev–Trinajstić information content (AvgIpc) is 2.46. The highest BCUT2D eigenvalue weighted by molar-refractivity contribution is 7.99. The first kappa shape index (κ1) is 13.5. The minimum Gasteiger partial charge on any atom is -0.478 e. The molecule has 0 atom stereocenters. The molecule has 2 aromatic heterocycles. The van der Waals surface area contributed by atoms with Crippen molar-refractivity contribution in [1.82, 2.24) is 15.0 Å². The van der Waals surface area contributed by atoms with Crippen LogP contribution in [0.25, 0.3) is 10.9 Å². The number of carbonyl (C=O) groups is 1. The van der Waals surface area contributed by atoms with Crippen molar-refractivity contribution in [2.24, 2.45) is 0 Å². The molecule has 3 aromatic rings. The summed E-state index contributed by atoms with van der Waals surface area (Å²) >= 11 is 1.16. The van der Waals surface area contributed by atoms with Gasteiger partial charge in [0.15, 0.2) is 5.16 Å². The van der Waals surface area contributed by atoms with Gasteiger partial charge in [-0.1, -0.05) is 18.2 Å². The number of hydrogen-bond donors (Lipinski definition) is 1. The molecule has 0 bridgehead atoms. The lowest BCUT2D eigenvalue weighted by Crippen LogP contribution is -2.02. The number of para-hydroxylation sites is 1. The van der Waals surface area contributed by atoms with Gasteiger partial charge in [0.05, 0.1) is 11.1 Å². The van der Waals surface area contributed by atoms with Crippen LogP contribution < -0.4 is 0 Å². The van der Waals surface area contributed by atoms with Crippen LogP contribution in [0.15, 0.2) is 52.8 Å². The Bertz CT molecular complexity index is 836. The second-order valence-corrected chi connectivity index (χ2v) is 5.38. The third-order valence-corrected chi connectivity index (χ3v) is 3.76. The maximum Gasteiger partial charge on any atom is 0.338 e. The van der Waals surface area contributed by atoms with Crippen LogP contribution in [0.3, 0.4) is 0 Å². The van der Waals surface area contributed by atoms with E-state index < -0.39 is 5.97 Å². The van der Waals surface area contributed by atoms with Crippen molar-refractivity contribution < 1.29 is 9.90 Å². The Labute approximate surface area is 125 Å². The van der Waals surface area contributed by atoms with Gasteiger partial charge >= 0.3 is 5.97 Å². The molecule has 0 radical (unpaired) electrons. The standard InChI is InChI=1S/C15H11N3O2S/c1-9-6-7-16-15(17-9)21-13-11(14(19)20)8-10-4-2-3-5-12(10)18-13/h2-8H,1H3,(H,19,20). The Morgan fingerprint density at radius 2 is 2.00 bits per heavy atom. The molecule has 5 nitrogen and oxygen atoms in total. The number of pyridine rings is 1. The van der Waals surface area contributed by atoms with Crippen LogP contribution in [-0.2, 0) is 0 Å². The van der Waals surface area contributed by atoms with Crippen molar-refractivity contribution in [1.29, 1.82) is 0 Å². The van der Waals surface area contributed by atoms with Crippen LogP contribution in [0.2, 0.25) is 0 Å². The zero-order valence-electron chi connectivity index (χ0n) is 11.1. The van der Waals surface area contributed by atoms with Gasteiger partial charge in [0.25, 0.3) is 0 Å². The number of fused-ring (bicyclic) bond motifs is 1. The van der Waals surface area contributed by atoms with Gasteiger partial charge in [-0.15, -0.1) is 0 Å². The van der Waals surface area contributed by atoms with Crippen LogP contribution >= 0.6 is 11.8 Å². The Morgan fingerprint density at radius 3 is 2.76 bits per heavy atom. The summed E-state index contributed by atoms with van der Waals surface area (Å²) in [5.74, 6) is -1.01. The molecule has 0 aliphatic rings. The number of aromatic nitrogens is 3. The van der Waals surface area contributed by atoms with Gasteiger partial charge < -0.3 is 5.11 Å². The Balaban J connectivity index is 2.11. The lowest BCUT2D eigenvalue weighted by atomic mass is 10.1. The number of aromatic carboxylic acids is 1. The molecule has 0 aliphatic carbocycles. The summed E-state index contributed by atoms with van der Waals surface area (Å²) in [6, 6.07) is 10.8. The molecule has 3 rings (SSSR count). The van der Waals surface area contributed by atoms with E-state index in [9.17, 15) is 9.90 Å². The van der Waals surface area contributed by atoms with Crippen LogP contribution in [0, 0.1) is 6.92 Å². The number of nitrogens with zero attached hydrogens (tertiary/aromatic N) is 3. The number of aryl methyl sites for hydroxylation is 1. The van der Waals surface area contributed by atoms with Gasteiger partial charge in [0.1, 0.15) is 5.03 Å². The Morgan fingerprint density at radius 1 is 1.19 bits per heavy atom. The monoisotopic (exact) mass is 297 g/mol. The Kier molecular flexibility index (Phi) is 3.53. The SMILES string of the molecule is Cc1ccnc(Sc2nc3ccccc3cc2C(=O)O)n1. The lowest BCUT2D eigenvalue weighted by Gasteiger charge is -2.06. The van der Waals surface area contributed by atoms with Gasteiger partial charge in [-0.3, -0.25) is 0 Å². The number of carboxylic acid groups (broad SMARTS) is 1. The van der Waals surface area contributed by atoms with E-state index >= 15 is 0 Å². The van der Waals surface area contributed by atoms with Crippen molar-refractivity contribution in [3.63, 3.8) is 0 Å². The maximum absolute atomic E-state index is 11.4. The molecular formula is C15H11N3O2S. The maximum atomic E-state index is 11.4. The summed E-state index contributed by atoms with van der Waals surface area (Å²) in [7, 11) is 0. The largest absolute Gasteiger partial charge is 0.478 e. The highest BCUT2D eigenvalue weighted by atomic mass is 32.2. The van der Waals surface area contributed by atoms with Crippen molar-refractivity contribution >= 4 is 28.6 Å². The van der Waals surface area contributed by atoms with Crippen molar-refractivity contribution in [3.05, 3.63) is 53.9 Å². The molecule has 0 spiro atoms. The first-order chi connectivity index (χ1) is 10.1. The van der Waals surface area contributed by atoms with Crippen molar-refractivity contribution in [2.75, 3.05) is 0 Å². The van der Waals surface area contributed by atoms with E-state index in [-0.39, 0.29) is 5.56 Å². The van der Waals surface area contributed by atoms with E-state index in [1.807, 2.05) is 31.2 Å². The molecule has 0 saturated carbocycles. The number of rotatable bonds is 3. The molecule has 0 unspecified atom stereocenters. The molecule has 0 amide bonds. The average molecular weight is 297 g/mol. The smallest absolute Gasteiger partial charge is 0.338 e. The minimum atomic E-state index is -1.01. The zero-order chi connectivity index (χ0) is 14.8. The number of benzene rings is 1. The van der Waals surface area contributed by atoms with Gasteiger partial charge in [-0.2, -0.15) is 0 Å². The Hall–Kier alpha value is -2.47. The summed E-state index contributed by atoms with van der Waals surface area (Å²) in [4.78, 5) is 24.3. The summed E-state index contributed by atoms with van der Waals surface area (Å²) in [6.07, 6.45) is 1.64. The van der Waals surface area contributed by atoms with Crippen LogP contribution in [-0.4, -0.2) is 26.0 Å². The molecule has 21 heavy (non-hydrogen) atoms. The predicted octanol–water partition coefficient (Wildman–Crippen LogP) is 3.18. The summed E-state index contributed by atoms with van der Waals surface area (Å²) < 4.78 is 0. The molecule has 0 fully saturated rings. The molecule has 104 valence electrons. The van der Waals surface area contributed by atoms with Gasteiger partial charge in [-0.05, 0) is 36.9 Å². The third kappa shape index (κ3) is 2.85. The second-order valence-electron chi connectivity index (χ2n) is 4.42. The summed E-state index contributed by atoms with van der Waals surface area (Å²) in [5, 5.41) is 11.0. The third-order valence-electron chi connectivity index (χ3n) is 2.88. The summed E-state index contributed by atoms with van der Waals surface area (Å²) in [6.45, 7) is 1.86. The highest BCUT2D eigenvalue weighted by Crippen LogP contribution is 2.29. The van der Waals surface area contributed by atoms with E-state index in [0.29, 0.717) is 10.2 Å². The predicted molar refractivity (Wildman–Crippen MR) is 79.6 cm³/mol. The molecule has 0 aliphatic heterocycles. The van der Waals surface area contributed by atoms with Gasteiger partial charge in [0, 0.05) is 17.3 Å². The van der Waals surface area contributed by atoms with E-state index in [2.05, 4.69) is 15.0 Å². The first-order valence-electron chi connectivity index (χ1n) is 6.24. The van der Waals surface area contributed by atoms with Crippen LogP contribution in [0.4, 0.5) is 0 Å². The fraction of sp³-hybridized carbons (Fsp3) is 0.0667. The minimum absolute atomic E-state index is 0.156. The van der Waals surface area contributed by atoms with E-state index in [1.54, 1.807) is 18.3 Å². The highest BCUT2D eigenvalue weighted by Gasteiger charge is 2.15. The quantitative estimate of drug-likeness (QED) is 0.748. The molecule has 2 heterocycles. The number of hydrogen-bond acceptors (Lipinski definition) is 5. The second kappa shape index (κ2) is 5.49. The lowest BCUT2D eigenvalue weighted by molar-refractivity contribution is 0.0692. The van der Waals surface area contributed by atoms with E-state index in [0.717, 1.165) is 28.4 Å². The molecule has 6 heteroatoms. The zero-order valence-corrected chi connectivity index (χ0v) is 12.0. The van der Waals surface area contributed by atoms with E-state index in [1.165, 1.54) is 0 Å².